The lowest BCUT2D eigenvalue weighted by molar-refractivity contribution is 0.170. The van der Waals surface area contributed by atoms with Crippen molar-refractivity contribution in [2.75, 3.05) is 54.3 Å². The number of thiophene rings is 3. The molecule has 0 amide bonds. The van der Waals surface area contributed by atoms with Crippen molar-refractivity contribution in [2.45, 2.75) is 81.9 Å². The van der Waals surface area contributed by atoms with Gasteiger partial charge in [0.2, 0.25) is 0 Å². The van der Waals surface area contributed by atoms with Crippen LogP contribution in [0.4, 0.5) is 51.2 Å². The van der Waals surface area contributed by atoms with Gasteiger partial charge in [-0.3, -0.25) is 4.55 Å². The fourth-order valence-corrected chi connectivity index (χ4v) is 20.7. The van der Waals surface area contributed by atoms with Crippen LogP contribution in [-0.2, 0) is 20.2 Å². The monoisotopic (exact) mass is 1770 g/mol. The molecule has 0 spiro atoms. The molecule has 0 saturated heterocycles. The van der Waals surface area contributed by atoms with Crippen molar-refractivity contribution >= 4 is 138 Å². The Kier molecular flexibility index (Phi) is 26.1. The van der Waals surface area contributed by atoms with Gasteiger partial charge in [-0.15, -0.1) is 34.0 Å². The third kappa shape index (κ3) is 19.1. The van der Waals surface area contributed by atoms with Crippen molar-refractivity contribution in [1.82, 2.24) is 0 Å². The molecule has 0 aliphatic carbocycles. The maximum atomic E-state index is 10.7. The maximum Gasteiger partial charge on any atom is 0.294 e. The Labute approximate surface area is 754 Å². The van der Waals surface area contributed by atoms with E-state index in [0.717, 1.165) is 139 Å². The highest BCUT2D eigenvalue weighted by Crippen LogP contribution is 2.63. The molecule has 17 aromatic rings. The number of aryl methyl sites for hydroxylation is 2. The number of nitrogens with zero attached hydrogens (tertiary/aromatic N) is 3. The lowest BCUT2D eigenvalue weighted by Crippen LogP contribution is -2.16. The minimum atomic E-state index is -4.30. The van der Waals surface area contributed by atoms with Crippen LogP contribution >= 0.6 is 34.0 Å². The normalized spacial score (nSPS) is 13.3. The summed E-state index contributed by atoms with van der Waals surface area (Å²) in [6.45, 7) is 15.7. The van der Waals surface area contributed by atoms with Crippen LogP contribution in [0, 0.1) is 13.8 Å². The molecule has 0 saturated carbocycles. The SMILES string of the molecule is CCC(C)c1ccc(S(=O)(=O)O)cc1.CCC(C)c1ccc(S(=O)(=O)[O-])cc1.Cc1sc(-c2sc(-c3sc(C)c4c3OCCO4)c3c2OCCO3)c2c1OCCO2.c1ccc(C(c2ccc(N(c3ccc(N(c4ccccc4)c4ccc5ccccc5c4)cc3)c3ccc(N(c4ccccc4)c4ccc5ccccc5c4)cc3)cc2)c2ccc3ccccc3c2)cc1. The van der Waals surface area contributed by atoms with E-state index in [1.807, 2.05) is 0 Å². The van der Waals surface area contributed by atoms with Crippen molar-refractivity contribution in [3.63, 3.8) is 0 Å². The minimum Gasteiger partial charge on any atom is -0.744 e. The van der Waals surface area contributed by atoms with E-state index in [4.69, 9.17) is 33.0 Å². The molecule has 6 heterocycles. The van der Waals surface area contributed by atoms with Gasteiger partial charge in [0.1, 0.15) is 49.8 Å². The fourth-order valence-electron chi connectivity index (χ4n) is 16.2. The predicted octanol–water partition coefficient (Wildman–Crippen LogP) is 28.4. The van der Waals surface area contributed by atoms with Gasteiger partial charge in [-0.25, -0.2) is 8.42 Å². The van der Waals surface area contributed by atoms with Crippen molar-refractivity contribution < 1.29 is 54.4 Å². The zero-order valence-electron chi connectivity index (χ0n) is 71.0. The number of hydrogen-bond acceptors (Lipinski definition) is 17. The van der Waals surface area contributed by atoms with E-state index >= 15 is 0 Å². The van der Waals surface area contributed by atoms with E-state index in [2.05, 4.69) is 347 Å². The summed E-state index contributed by atoms with van der Waals surface area (Å²) in [6, 6.07) is 118. The quantitative estimate of drug-likeness (QED) is 0.0563. The van der Waals surface area contributed by atoms with E-state index in [-0.39, 0.29) is 15.7 Å². The van der Waals surface area contributed by atoms with Crippen LogP contribution in [0.25, 0.3) is 51.8 Å². The third-order valence-corrected chi connectivity index (χ3v) is 28.4. The average Bonchev–Trinajstić information content (AvgIpc) is 1.60. The van der Waals surface area contributed by atoms with Gasteiger partial charge in [0.05, 0.1) is 29.3 Å². The minimum absolute atomic E-state index is 0.0513. The molecule has 0 fully saturated rings. The number of benzene rings is 14. The predicted molar refractivity (Wildman–Crippen MR) is 518 cm³/mol. The number of ether oxygens (including phenoxy) is 6. The Morgan fingerprint density at radius 1 is 0.299 bits per heavy atom. The summed E-state index contributed by atoms with van der Waals surface area (Å²) in [5, 5.41) is 7.34. The third-order valence-electron chi connectivity index (χ3n) is 23.1. The molecule has 3 atom stereocenters. The average molecular weight is 1770 g/mol. The van der Waals surface area contributed by atoms with Gasteiger partial charge in [-0.2, -0.15) is 8.42 Å². The lowest BCUT2D eigenvalue weighted by atomic mass is 9.84. The molecule has 20 heteroatoms. The van der Waals surface area contributed by atoms with Crippen LogP contribution in [0.1, 0.15) is 95.9 Å². The Morgan fingerprint density at radius 3 is 0.937 bits per heavy atom. The standard InChI is InChI=1S/C67H49N3.C20H18O6S3.2C10H14O3S/c1-4-19-52(20-5-1)67(57-29-28-49-16-10-13-21-54(49)46-57)53-32-34-60(35-33-53)68(61-38-42-63(43-39-61)69(58-24-6-2-7-25-58)65-36-30-50-17-11-14-22-55(50)47-65)62-40-44-64(45-41-62)70(59-26-8-3-9-27-59)66-37-31-51-18-12-15-23-56(51)48-66;1-9-11-13(23-5-3-21-11)17(27-9)19-15-16(26-8-7-25-15)20(29-19)18-14-12(10(2)28-18)22-4-6-24-14;2*1-3-8(2)9-4-6-10(7-5-9)14(11,12)13/h1-48,67H;3-8H2,1-2H3;2*4-8H,3H2,1-2H3,(H,11,12,13)/p-1. The van der Waals surface area contributed by atoms with Crippen LogP contribution in [0.2, 0.25) is 0 Å². The smallest absolute Gasteiger partial charge is 0.294 e. The summed E-state index contributed by atoms with van der Waals surface area (Å²) in [7, 11) is -8.35. The van der Waals surface area contributed by atoms with Crippen LogP contribution in [-0.4, -0.2) is 65.6 Å². The number of hydrogen-bond donors (Lipinski definition) is 1. The summed E-state index contributed by atoms with van der Waals surface area (Å²) < 4.78 is 98.0. The van der Waals surface area contributed by atoms with Crippen LogP contribution in [0.5, 0.6) is 34.5 Å². The first-order valence-electron chi connectivity index (χ1n) is 42.5. The Hall–Kier alpha value is -13.0. The highest BCUT2D eigenvalue weighted by Gasteiger charge is 2.36. The first kappa shape index (κ1) is 86.1. The second-order valence-electron chi connectivity index (χ2n) is 31.3. The zero-order chi connectivity index (χ0) is 87.7. The van der Waals surface area contributed by atoms with E-state index in [1.54, 1.807) is 58.3 Å². The van der Waals surface area contributed by atoms with Crippen molar-refractivity contribution in [3.8, 4) is 54.0 Å². The van der Waals surface area contributed by atoms with Crippen LogP contribution < -0.4 is 43.1 Å². The van der Waals surface area contributed by atoms with Gasteiger partial charge in [0, 0.05) is 66.9 Å². The number of rotatable bonds is 20. The van der Waals surface area contributed by atoms with Crippen molar-refractivity contribution in [2.24, 2.45) is 0 Å². The highest BCUT2D eigenvalue weighted by molar-refractivity contribution is 7.86. The van der Waals surface area contributed by atoms with Gasteiger partial charge in [0.15, 0.2) is 34.5 Å². The van der Waals surface area contributed by atoms with Gasteiger partial charge in [0.25, 0.3) is 10.1 Å². The summed E-state index contributed by atoms with van der Waals surface area (Å²) in [4.78, 5) is 13.2. The molecule has 20 rings (SSSR count). The summed E-state index contributed by atoms with van der Waals surface area (Å²) >= 11 is 5.00. The maximum absolute atomic E-state index is 10.7. The molecule has 0 radical (unpaired) electrons. The molecular formula is C107H94N3O12S5-. The highest BCUT2D eigenvalue weighted by atomic mass is 32.2. The van der Waals surface area contributed by atoms with Crippen molar-refractivity contribution in [3.05, 3.63) is 377 Å². The molecule has 0 bridgehead atoms. The van der Waals surface area contributed by atoms with Gasteiger partial charge < -0.3 is 47.7 Å². The fraction of sp³-hybridized carbons (Fsp3) is 0.159. The zero-order valence-corrected chi connectivity index (χ0v) is 75.1. The van der Waals surface area contributed by atoms with E-state index < -0.39 is 20.2 Å². The van der Waals surface area contributed by atoms with Gasteiger partial charge >= 0.3 is 0 Å². The van der Waals surface area contributed by atoms with E-state index in [0.29, 0.717) is 51.5 Å². The lowest BCUT2D eigenvalue weighted by Gasteiger charge is -2.30. The topological polar surface area (TPSA) is 177 Å². The summed E-state index contributed by atoms with van der Waals surface area (Å²) in [6.07, 6.45) is 1.99. The van der Waals surface area contributed by atoms with Crippen LogP contribution in [0.15, 0.2) is 350 Å². The van der Waals surface area contributed by atoms with Gasteiger partial charge in [-0.05, 0) is 232 Å². The molecule has 3 aliphatic heterocycles. The Morgan fingerprint density at radius 2 is 0.567 bits per heavy atom. The molecule has 3 aliphatic rings. The molecule has 1 N–H and O–H groups in total. The molecule has 3 aromatic heterocycles. The molecule has 3 unspecified atom stereocenters. The van der Waals surface area contributed by atoms with Gasteiger partial charge in [-0.1, -0.05) is 234 Å². The number of fused-ring (bicyclic) bond motifs is 6. The first-order chi connectivity index (χ1) is 61.8. The molecule has 640 valence electrons. The van der Waals surface area contributed by atoms with Crippen molar-refractivity contribution in [1.29, 1.82) is 0 Å². The Balaban J connectivity index is 0.000000160. The molecule has 14 aromatic carbocycles. The number of para-hydroxylation sites is 2. The second kappa shape index (κ2) is 38.4. The van der Waals surface area contributed by atoms with E-state index in [1.165, 1.54) is 73.3 Å². The summed E-state index contributed by atoms with van der Waals surface area (Å²) in [5.74, 6) is 5.74. The Bertz CT molecular complexity index is 6370. The molecule has 15 nitrogen and oxygen atoms in total. The molecular weight excluding hydrogens is 1680 g/mol. The van der Waals surface area contributed by atoms with Crippen LogP contribution in [0.3, 0.4) is 0 Å². The summed E-state index contributed by atoms with van der Waals surface area (Å²) in [5.41, 5.74) is 15.6. The first-order valence-corrected chi connectivity index (χ1v) is 47.8. The van der Waals surface area contributed by atoms with E-state index in [9.17, 15) is 21.4 Å². The molecule has 127 heavy (non-hydrogen) atoms. The number of anilines is 9. The largest absolute Gasteiger partial charge is 0.744 e. The second-order valence-corrected chi connectivity index (χ2v) is 37.6.